The fourth-order valence-corrected chi connectivity index (χ4v) is 4.99. The molecule has 3 heterocycles. The van der Waals surface area contributed by atoms with Crippen LogP contribution >= 0.6 is 15.9 Å². The minimum Gasteiger partial charge on any atom is -0.449 e. The van der Waals surface area contributed by atoms with Crippen molar-refractivity contribution in [2.24, 2.45) is 0 Å². The Hall–Kier alpha value is -2.13. The molecule has 2 amide bonds. The summed E-state index contributed by atoms with van der Waals surface area (Å²) in [6.45, 7) is 5.79. The van der Waals surface area contributed by atoms with Crippen LogP contribution in [-0.2, 0) is 9.47 Å². The molecular weight excluding hydrogens is 488 g/mol. The first-order valence-corrected chi connectivity index (χ1v) is 12.8. The quantitative estimate of drug-likeness (QED) is 0.540. The number of halogens is 1. The van der Waals surface area contributed by atoms with E-state index in [0.29, 0.717) is 38.3 Å². The Bertz CT molecular complexity index is 988. The number of likely N-dealkylation sites (tertiary alicyclic amines) is 1. The molecule has 9 heteroatoms. The summed E-state index contributed by atoms with van der Waals surface area (Å²) in [7, 11) is 0. The number of hydrogen-bond acceptors (Lipinski definition) is 5. The van der Waals surface area contributed by atoms with E-state index in [1.165, 1.54) is 0 Å². The summed E-state index contributed by atoms with van der Waals surface area (Å²) in [5.41, 5.74) is 1.31. The van der Waals surface area contributed by atoms with E-state index in [0.717, 1.165) is 47.5 Å². The van der Waals surface area contributed by atoms with Crippen molar-refractivity contribution in [3.8, 4) is 0 Å². The Labute approximate surface area is 203 Å². The minimum atomic E-state index is -0.261. The number of nitrogens with zero attached hydrogens (tertiary/aromatic N) is 3. The second kappa shape index (κ2) is 10.9. The number of fused-ring (bicyclic) bond motifs is 1. The lowest BCUT2D eigenvalue weighted by atomic mass is 9.98. The van der Waals surface area contributed by atoms with E-state index in [9.17, 15) is 9.59 Å². The highest BCUT2D eigenvalue weighted by Crippen LogP contribution is 2.30. The molecule has 2 saturated heterocycles. The van der Waals surface area contributed by atoms with Gasteiger partial charge in [0, 0.05) is 35.1 Å². The van der Waals surface area contributed by atoms with Crippen LogP contribution in [0.25, 0.3) is 10.9 Å². The molecule has 2 aliphatic rings. The number of ether oxygens (including phenoxy) is 2. The van der Waals surface area contributed by atoms with Gasteiger partial charge in [-0.15, -0.1) is 0 Å². The predicted molar refractivity (Wildman–Crippen MR) is 129 cm³/mol. The summed E-state index contributed by atoms with van der Waals surface area (Å²) in [5.74, 6) is -0.191. The maximum absolute atomic E-state index is 13.3. The standard InChI is InChI=1S/C24H33BrN4O4/c1-3-4-12-33-24(31)28-11-10-18(14-16(28)2)26-23(30)22-19-15-17(25)8-9-20(19)29(27-22)21-7-5-6-13-32-21/h8-9,15-16,18,21H,3-7,10-14H2,1-2H3,(H,26,30). The molecule has 0 spiro atoms. The second-order valence-corrected chi connectivity index (χ2v) is 9.90. The Morgan fingerprint density at radius 2 is 2.15 bits per heavy atom. The number of nitrogens with one attached hydrogen (secondary N) is 1. The molecule has 180 valence electrons. The van der Waals surface area contributed by atoms with Gasteiger partial charge in [0.25, 0.3) is 5.91 Å². The van der Waals surface area contributed by atoms with Crippen molar-refractivity contribution < 1.29 is 19.1 Å². The van der Waals surface area contributed by atoms with Gasteiger partial charge >= 0.3 is 6.09 Å². The zero-order valence-corrected chi connectivity index (χ0v) is 21.0. The van der Waals surface area contributed by atoms with Gasteiger partial charge in [-0.25, -0.2) is 9.48 Å². The summed E-state index contributed by atoms with van der Waals surface area (Å²) in [6.07, 6.45) is 5.85. The highest BCUT2D eigenvalue weighted by Gasteiger charge is 2.32. The number of piperidine rings is 1. The lowest BCUT2D eigenvalue weighted by Crippen LogP contribution is -2.51. The van der Waals surface area contributed by atoms with Crippen LogP contribution in [0.4, 0.5) is 4.79 Å². The van der Waals surface area contributed by atoms with Crippen LogP contribution in [0.5, 0.6) is 0 Å². The van der Waals surface area contributed by atoms with Crippen LogP contribution in [0.3, 0.4) is 0 Å². The van der Waals surface area contributed by atoms with Gasteiger partial charge in [0.2, 0.25) is 0 Å². The molecule has 0 saturated carbocycles. The number of unbranched alkanes of at least 4 members (excludes halogenated alkanes) is 1. The molecule has 2 fully saturated rings. The maximum atomic E-state index is 13.3. The predicted octanol–water partition coefficient (Wildman–Crippen LogP) is 5.02. The van der Waals surface area contributed by atoms with Gasteiger partial charge in [-0.05, 0) is 63.6 Å². The molecule has 3 atom stereocenters. The van der Waals surface area contributed by atoms with E-state index < -0.39 is 0 Å². The van der Waals surface area contributed by atoms with E-state index in [-0.39, 0.29) is 30.3 Å². The van der Waals surface area contributed by atoms with Crippen molar-refractivity contribution in [1.29, 1.82) is 0 Å². The first kappa shape index (κ1) is 24.0. The normalized spacial score (nSPS) is 23.5. The number of rotatable bonds is 6. The monoisotopic (exact) mass is 520 g/mol. The van der Waals surface area contributed by atoms with Gasteiger partial charge in [0.1, 0.15) is 0 Å². The third-order valence-corrected chi connectivity index (χ3v) is 6.97. The Morgan fingerprint density at radius 3 is 2.88 bits per heavy atom. The summed E-state index contributed by atoms with van der Waals surface area (Å²) >= 11 is 3.52. The van der Waals surface area contributed by atoms with Gasteiger partial charge in [-0.1, -0.05) is 29.3 Å². The molecule has 0 bridgehead atoms. The lowest BCUT2D eigenvalue weighted by Gasteiger charge is -2.37. The first-order valence-electron chi connectivity index (χ1n) is 12.0. The van der Waals surface area contributed by atoms with E-state index in [4.69, 9.17) is 14.6 Å². The van der Waals surface area contributed by atoms with Crippen molar-refractivity contribution in [3.05, 3.63) is 28.4 Å². The molecule has 4 rings (SSSR count). The Balaban J connectivity index is 1.45. The van der Waals surface area contributed by atoms with Crippen LogP contribution in [0, 0.1) is 0 Å². The molecule has 2 aromatic rings. The van der Waals surface area contributed by atoms with Crippen molar-refractivity contribution in [3.63, 3.8) is 0 Å². The molecule has 1 aromatic heterocycles. The smallest absolute Gasteiger partial charge is 0.409 e. The number of aromatic nitrogens is 2. The summed E-state index contributed by atoms with van der Waals surface area (Å²) in [6, 6.07) is 5.85. The van der Waals surface area contributed by atoms with E-state index in [1.54, 1.807) is 4.90 Å². The van der Waals surface area contributed by atoms with Crippen LogP contribution < -0.4 is 5.32 Å². The fraction of sp³-hybridized carbons (Fsp3) is 0.625. The number of carbonyl (C=O) groups excluding carboxylic acids is 2. The van der Waals surface area contributed by atoms with E-state index in [1.807, 2.05) is 29.8 Å². The highest BCUT2D eigenvalue weighted by molar-refractivity contribution is 9.10. The zero-order valence-electron chi connectivity index (χ0n) is 19.4. The summed E-state index contributed by atoms with van der Waals surface area (Å²) < 4.78 is 14.1. The largest absolute Gasteiger partial charge is 0.449 e. The van der Waals surface area contributed by atoms with E-state index >= 15 is 0 Å². The molecular formula is C24H33BrN4O4. The number of amides is 2. The lowest BCUT2D eigenvalue weighted by molar-refractivity contribution is -0.0368. The average Bonchev–Trinajstić information content (AvgIpc) is 3.18. The van der Waals surface area contributed by atoms with Crippen LogP contribution in [0.2, 0.25) is 0 Å². The molecule has 1 aromatic carbocycles. The highest BCUT2D eigenvalue weighted by atomic mass is 79.9. The van der Waals surface area contributed by atoms with Gasteiger partial charge in [0.05, 0.1) is 12.1 Å². The molecule has 1 N–H and O–H groups in total. The van der Waals surface area contributed by atoms with Crippen molar-refractivity contribution in [2.45, 2.75) is 77.1 Å². The molecule has 0 aliphatic carbocycles. The van der Waals surface area contributed by atoms with E-state index in [2.05, 4.69) is 28.2 Å². The van der Waals surface area contributed by atoms with Crippen LogP contribution in [0.1, 0.15) is 75.5 Å². The molecule has 33 heavy (non-hydrogen) atoms. The average molecular weight is 521 g/mol. The fourth-order valence-electron chi connectivity index (χ4n) is 4.63. The third-order valence-electron chi connectivity index (χ3n) is 6.48. The Morgan fingerprint density at radius 1 is 1.30 bits per heavy atom. The zero-order chi connectivity index (χ0) is 23.4. The SMILES string of the molecule is CCCCOC(=O)N1CCC(NC(=O)c2nn(C3CCCCO3)c3ccc(Br)cc23)CC1C. The molecule has 3 unspecified atom stereocenters. The molecule has 0 radical (unpaired) electrons. The third kappa shape index (κ3) is 5.51. The van der Waals surface area contributed by atoms with Gasteiger partial charge < -0.3 is 19.7 Å². The molecule has 2 aliphatic heterocycles. The summed E-state index contributed by atoms with van der Waals surface area (Å²) in [4.78, 5) is 27.4. The number of hydrogen-bond donors (Lipinski definition) is 1. The van der Waals surface area contributed by atoms with Crippen molar-refractivity contribution in [2.75, 3.05) is 19.8 Å². The van der Waals surface area contributed by atoms with Gasteiger partial charge in [-0.2, -0.15) is 5.10 Å². The minimum absolute atomic E-state index is 0.00254. The van der Waals surface area contributed by atoms with Crippen molar-refractivity contribution >= 4 is 38.8 Å². The van der Waals surface area contributed by atoms with Crippen LogP contribution in [0.15, 0.2) is 22.7 Å². The second-order valence-electron chi connectivity index (χ2n) is 8.98. The first-order chi connectivity index (χ1) is 16.0. The maximum Gasteiger partial charge on any atom is 0.409 e. The van der Waals surface area contributed by atoms with Crippen LogP contribution in [-0.4, -0.2) is 58.5 Å². The molecule has 8 nitrogen and oxygen atoms in total. The Kier molecular flexibility index (Phi) is 7.90. The van der Waals surface area contributed by atoms with Crippen molar-refractivity contribution in [1.82, 2.24) is 20.0 Å². The summed E-state index contributed by atoms with van der Waals surface area (Å²) in [5, 5.41) is 8.66. The number of benzene rings is 1. The number of carbonyl (C=O) groups is 2. The topological polar surface area (TPSA) is 85.7 Å². The van der Waals surface area contributed by atoms with Gasteiger partial charge in [-0.3, -0.25) is 4.79 Å². The van der Waals surface area contributed by atoms with Gasteiger partial charge in [0.15, 0.2) is 11.9 Å².